The van der Waals surface area contributed by atoms with E-state index in [-0.39, 0.29) is 0 Å². The predicted octanol–water partition coefficient (Wildman–Crippen LogP) is 2.69. The van der Waals surface area contributed by atoms with E-state index < -0.39 is 0 Å². The van der Waals surface area contributed by atoms with Crippen LogP contribution in [0, 0.1) is 0 Å². The number of likely N-dealkylation sites (tertiary alicyclic amines) is 1. The molecule has 2 unspecified atom stereocenters. The van der Waals surface area contributed by atoms with Crippen molar-refractivity contribution in [3.8, 4) is 0 Å². The molecule has 2 bridgehead atoms. The first-order valence-corrected chi connectivity index (χ1v) is 8.13. The second-order valence-corrected chi connectivity index (χ2v) is 6.75. The minimum Gasteiger partial charge on any atom is -0.300 e. The first-order chi connectivity index (χ1) is 10.7. The summed E-state index contributed by atoms with van der Waals surface area (Å²) in [6.45, 7) is 2.99. The number of carbonyl (C=O) groups excluding carboxylic acids is 1. The van der Waals surface area contributed by atoms with Crippen LogP contribution >= 0.6 is 0 Å². The lowest BCUT2D eigenvalue weighted by molar-refractivity contribution is -0.128. The van der Waals surface area contributed by atoms with Gasteiger partial charge in [0, 0.05) is 44.6 Å². The maximum absolute atomic E-state index is 11.8. The molecule has 2 aliphatic rings. The van der Waals surface area contributed by atoms with Crippen molar-refractivity contribution in [1.82, 2.24) is 9.80 Å². The Morgan fingerprint density at radius 3 is 2.45 bits per heavy atom. The molecular weight excluding hydrogens is 272 g/mol. The van der Waals surface area contributed by atoms with Gasteiger partial charge < -0.3 is 0 Å². The van der Waals surface area contributed by atoms with Crippen LogP contribution in [-0.4, -0.2) is 47.8 Å². The van der Waals surface area contributed by atoms with E-state index in [1.165, 1.54) is 16.3 Å². The summed E-state index contributed by atoms with van der Waals surface area (Å²) >= 11 is 0. The number of hydrogen-bond donors (Lipinski definition) is 0. The number of ketones is 1. The lowest BCUT2D eigenvalue weighted by Gasteiger charge is -2.48. The van der Waals surface area contributed by atoms with Gasteiger partial charge in [0.1, 0.15) is 5.78 Å². The fourth-order valence-electron chi connectivity index (χ4n) is 4.05. The second kappa shape index (κ2) is 5.49. The van der Waals surface area contributed by atoms with Crippen LogP contribution in [-0.2, 0) is 11.3 Å². The van der Waals surface area contributed by atoms with Crippen LogP contribution in [0.1, 0.15) is 18.4 Å². The number of benzene rings is 2. The molecule has 0 aliphatic carbocycles. The van der Waals surface area contributed by atoms with Crippen molar-refractivity contribution in [2.75, 3.05) is 20.1 Å². The normalized spacial score (nSPS) is 26.5. The molecule has 4 rings (SSSR count). The van der Waals surface area contributed by atoms with Gasteiger partial charge in [-0.2, -0.15) is 0 Å². The van der Waals surface area contributed by atoms with Crippen LogP contribution in [0.5, 0.6) is 0 Å². The molecular formula is C19H22N2O. The quantitative estimate of drug-likeness (QED) is 0.851. The number of carbonyl (C=O) groups is 1. The Morgan fingerprint density at radius 2 is 1.68 bits per heavy atom. The number of rotatable bonds is 2. The van der Waals surface area contributed by atoms with E-state index in [0.717, 1.165) is 32.5 Å². The van der Waals surface area contributed by atoms with Gasteiger partial charge >= 0.3 is 0 Å². The standard InChI is InChI=1S/C19H22N2O/c1-20-16-9-18(22)10-17(20)13-21(12-16)11-15-7-4-6-14-5-2-3-8-19(14)15/h2-8,16-17H,9-13H2,1H3. The minimum absolute atomic E-state index is 0.398. The summed E-state index contributed by atoms with van der Waals surface area (Å²) in [7, 11) is 2.18. The first kappa shape index (κ1) is 13.9. The molecule has 2 aliphatic heterocycles. The van der Waals surface area contributed by atoms with Crippen LogP contribution < -0.4 is 0 Å². The average molecular weight is 294 g/mol. The van der Waals surface area contributed by atoms with Crippen molar-refractivity contribution in [3.05, 3.63) is 48.0 Å². The topological polar surface area (TPSA) is 23.6 Å². The van der Waals surface area contributed by atoms with Crippen LogP contribution in [0.4, 0.5) is 0 Å². The second-order valence-electron chi connectivity index (χ2n) is 6.75. The highest BCUT2D eigenvalue weighted by molar-refractivity contribution is 5.85. The maximum atomic E-state index is 11.8. The van der Waals surface area contributed by atoms with E-state index >= 15 is 0 Å². The van der Waals surface area contributed by atoms with Crippen molar-refractivity contribution in [2.24, 2.45) is 0 Å². The molecule has 0 spiro atoms. The van der Waals surface area contributed by atoms with Crippen LogP contribution in [0.3, 0.4) is 0 Å². The van der Waals surface area contributed by atoms with Gasteiger partial charge in [-0.15, -0.1) is 0 Å². The Kier molecular flexibility index (Phi) is 3.47. The fourth-order valence-corrected chi connectivity index (χ4v) is 4.05. The smallest absolute Gasteiger partial charge is 0.136 e. The molecule has 0 aromatic heterocycles. The average Bonchev–Trinajstić information content (AvgIpc) is 2.50. The van der Waals surface area contributed by atoms with Gasteiger partial charge in [0.05, 0.1) is 0 Å². The number of nitrogens with zero attached hydrogens (tertiary/aromatic N) is 2. The van der Waals surface area contributed by atoms with Gasteiger partial charge in [-0.1, -0.05) is 42.5 Å². The lowest BCUT2D eigenvalue weighted by atomic mass is 9.90. The number of likely N-dealkylation sites (N-methyl/N-ethyl adjacent to an activating group) is 1. The summed E-state index contributed by atoms with van der Waals surface area (Å²) in [5.41, 5.74) is 1.40. The molecule has 3 nitrogen and oxygen atoms in total. The largest absolute Gasteiger partial charge is 0.300 e. The molecule has 0 saturated carbocycles. The van der Waals surface area contributed by atoms with Crippen molar-refractivity contribution in [2.45, 2.75) is 31.5 Å². The lowest BCUT2D eigenvalue weighted by Crippen LogP contribution is -2.60. The molecule has 22 heavy (non-hydrogen) atoms. The number of Topliss-reactive ketones (excluding diaryl/α,β-unsaturated/α-hetero) is 1. The van der Waals surface area contributed by atoms with E-state index in [9.17, 15) is 4.79 Å². The molecule has 3 heteroatoms. The van der Waals surface area contributed by atoms with E-state index in [1.54, 1.807) is 0 Å². The molecule has 2 aromatic rings. The molecule has 2 saturated heterocycles. The Bertz CT molecular complexity index is 688. The molecule has 0 amide bonds. The third-order valence-electron chi connectivity index (χ3n) is 5.29. The highest BCUT2D eigenvalue weighted by Crippen LogP contribution is 2.27. The molecule has 114 valence electrons. The number of hydrogen-bond acceptors (Lipinski definition) is 3. The highest BCUT2D eigenvalue weighted by Gasteiger charge is 2.38. The Hall–Kier alpha value is -1.71. The molecule has 2 aromatic carbocycles. The Balaban J connectivity index is 1.58. The number of piperidine rings is 1. The van der Waals surface area contributed by atoms with E-state index in [0.29, 0.717) is 17.9 Å². The summed E-state index contributed by atoms with van der Waals surface area (Å²) < 4.78 is 0. The molecule has 0 N–H and O–H groups in total. The van der Waals surface area contributed by atoms with Gasteiger partial charge in [-0.3, -0.25) is 14.6 Å². The van der Waals surface area contributed by atoms with Gasteiger partial charge in [0.2, 0.25) is 0 Å². The number of fused-ring (bicyclic) bond motifs is 3. The summed E-state index contributed by atoms with van der Waals surface area (Å²) in [6.07, 6.45) is 1.44. The third kappa shape index (κ3) is 2.44. The third-order valence-corrected chi connectivity index (χ3v) is 5.29. The van der Waals surface area contributed by atoms with E-state index in [4.69, 9.17) is 0 Å². The van der Waals surface area contributed by atoms with Crippen molar-refractivity contribution >= 4 is 16.6 Å². The van der Waals surface area contributed by atoms with Gasteiger partial charge in [-0.05, 0) is 23.4 Å². The zero-order valence-electron chi connectivity index (χ0n) is 13.0. The van der Waals surface area contributed by atoms with Gasteiger partial charge in [0.15, 0.2) is 0 Å². The fraction of sp³-hybridized carbons (Fsp3) is 0.421. The predicted molar refractivity (Wildman–Crippen MR) is 88.8 cm³/mol. The summed E-state index contributed by atoms with van der Waals surface area (Å²) in [4.78, 5) is 16.8. The summed E-state index contributed by atoms with van der Waals surface area (Å²) in [5, 5.41) is 2.66. The van der Waals surface area contributed by atoms with Crippen molar-refractivity contribution in [3.63, 3.8) is 0 Å². The molecule has 2 atom stereocenters. The van der Waals surface area contributed by atoms with Gasteiger partial charge in [-0.25, -0.2) is 0 Å². The zero-order chi connectivity index (χ0) is 15.1. The first-order valence-electron chi connectivity index (χ1n) is 8.13. The van der Waals surface area contributed by atoms with Crippen LogP contribution in [0.15, 0.2) is 42.5 Å². The van der Waals surface area contributed by atoms with Crippen LogP contribution in [0.2, 0.25) is 0 Å². The monoisotopic (exact) mass is 294 g/mol. The van der Waals surface area contributed by atoms with Gasteiger partial charge in [0.25, 0.3) is 0 Å². The summed E-state index contributed by atoms with van der Waals surface area (Å²) in [6, 6.07) is 16.0. The molecule has 2 heterocycles. The zero-order valence-corrected chi connectivity index (χ0v) is 13.0. The molecule has 2 fully saturated rings. The Labute approximate surface area is 131 Å². The summed E-state index contributed by atoms with van der Waals surface area (Å²) in [5.74, 6) is 0.443. The van der Waals surface area contributed by atoms with E-state index in [1.807, 2.05) is 0 Å². The Morgan fingerprint density at radius 1 is 1.00 bits per heavy atom. The maximum Gasteiger partial charge on any atom is 0.136 e. The highest BCUT2D eigenvalue weighted by atomic mass is 16.1. The van der Waals surface area contributed by atoms with Crippen molar-refractivity contribution in [1.29, 1.82) is 0 Å². The SMILES string of the molecule is CN1C2CC(=O)CC1CN(Cc1cccc3ccccc13)C2. The molecule has 0 radical (unpaired) electrons. The van der Waals surface area contributed by atoms with Crippen LogP contribution in [0.25, 0.3) is 10.8 Å². The number of piperazine rings is 1. The van der Waals surface area contributed by atoms with Crippen molar-refractivity contribution < 1.29 is 4.79 Å². The van der Waals surface area contributed by atoms with E-state index in [2.05, 4.69) is 59.3 Å². The minimum atomic E-state index is 0.398.